The van der Waals surface area contributed by atoms with Crippen LogP contribution in [-0.4, -0.2) is 41.3 Å². The van der Waals surface area contributed by atoms with Crippen LogP contribution >= 0.6 is 0 Å². The van der Waals surface area contributed by atoms with Gasteiger partial charge in [0.15, 0.2) is 23.0 Å². The van der Waals surface area contributed by atoms with E-state index in [2.05, 4.69) is 13.8 Å². The summed E-state index contributed by atoms with van der Waals surface area (Å²) in [5.74, 6) is 3.84. The van der Waals surface area contributed by atoms with E-state index < -0.39 is 0 Å². The Bertz CT molecular complexity index is 954. The van der Waals surface area contributed by atoms with Gasteiger partial charge in [-0.2, -0.15) is 0 Å². The number of rotatable bonds is 4. The van der Waals surface area contributed by atoms with Crippen LogP contribution in [0.15, 0.2) is 12.1 Å². The van der Waals surface area contributed by atoms with Crippen LogP contribution < -0.4 is 28.4 Å². The molecule has 0 spiro atoms. The highest BCUT2D eigenvalue weighted by atomic mass is 16.7. The van der Waals surface area contributed by atoms with Gasteiger partial charge in [-0.15, -0.1) is 0 Å². The molecule has 7 nitrogen and oxygen atoms in total. The molecule has 2 aromatic carbocycles. The zero-order chi connectivity index (χ0) is 21.4. The fourth-order valence-corrected chi connectivity index (χ4v) is 4.19. The highest BCUT2D eigenvalue weighted by Crippen LogP contribution is 2.55. The lowest BCUT2D eigenvalue weighted by Gasteiger charge is -2.23. The van der Waals surface area contributed by atoms with E-state index in [1.54, 1.807) is 28.4 Å². The normalized spacial score (nSPS) is 19.7. The molecule has 2 heterocycles. The predicted molar refractivity (Wildman–Crippen MR) is 111 cm³/mol. The fraction of sp³-hybridized carbons (Fsp3) is 0.478. The average molecular weight is 416 g/mol. The van der Waals surface area contributed by atoms with Gasteiger partial charge in [-0.25, -0.2) is 0 Å². The summed E-state index contributed by atoms with van der Waals surface area (Å²) in [7, 11) is 6.46. The number of ether oxygens (including phenoxy) is 7. The molecule has 0 amide bonds. The van der Waals surface area contributed by atoms with Gasteiger partial charge in [0.1, 0.15) is 0 Å². The third-order valence-corrected chi connectivity index (χ3v) is 5.91. The van der Waals surface area contributed by atoms with Crippen molar-refractivity contribution in [2.75, 3.05) is 35.2 Å². The second-order valence-corrected chi connectivity index (χ2v) is 7.55. The summed E-state index contributed by atoms with van der Waals surface area (Å²) in [6.45, 7) is 4.84. The van der Waals surface area contributed by atoms with Crippen molar-refractivity contribution >= 4 is 0 Å². The lowest BCUT2D eigenvalue weighted by Crippen LogP contribution is -2.19. The Balaban J connectivity index is 2.11. The lowest BCUT2D eigenvalue weighted by atomic mass is 9.88. The first-order chi connectivity index (χ1) is 14.5. The lowest BCUT2D eigenvalue weighted by molar-refractivity contribution is 0.0191. The summed E-state index contributed by atoms with van der Waals surface area (Å²) in [5, 5.41) is 0. The van der Waals surface area contributed by atoms with Crippen molar-refractivity contribution in [1.29, 1.82) is 0 Å². The van der Waals surface area contributed by atoms with E-state index in [4.69, 9.17) is 33.2 Å². The van der Waals surface area contributed by atoms with E-state index in [-0.39, 0.29) is 18.8 Å². The fourth-order valence-electron chi connectivity index (χ4n) is 4.19. The van der Waals surface area contributed by atoms with Gasteiger partial charge in [0.2, 0.25) is 18.3 Å². The summed E-state index contributed by atoms with van der Waals surface area (Å²) in [6.07, 6.45) is 0.833. The van der Waals surface area contributed by atoms with Crippen LogP contribution in [0.5, 0.6) is 34.5 Å². The molecule has 2 aliphatic rings. The van der Waals surface area contributed by atoms with Crippen molar-refractivity contribution in [3.8, 4) is 45.6 Å². The van der Waals surface area contributed by atoms with Gasteiger partial charge in [-0.05, 0) is 42.5 Å². The molecule has 7 heteroatoms. The minimum Gasteiger partial charge on any atom is -0.493 e. The molecule has 30 heavy (non-hydrogen) atoms. The largest absolute Gasteiger partial charge is 0.493 e. The van der Waals surface area contributed by atoms with Gasteiger partial charge in [0.25, 0.3) is 0 Å². The second-order valence-electron chi connectivity index (χ2n) is 7.55. The third kappa shape index (κ3) is 3.17. The predicted octanol–water partition coefficient (Wildman–Crippen LogP) is 4.21. The summed E-state index contributed by atoms with van der Waals surface area (Å²) in [5.41, 5.74) is 3.75. The van der Waals surface area contributed by atoms with Crippen LogP contribution in [0, 0.1) is 5.92 Å². The molecular formula is C23H28O7. The number of benzene rings is 2. The molecule has 0 saturated heterocycles. The van der Waals surface area contributed by atoms with Crippen molar-refractivity contribution in [2.45, 2.75) is 33.0 Å². The van der Waals surface area contributed by atoms with Crippen LogP contribution in [0.3, 0.4) is 0 Å². The zero-order valence-corrected chi connectivity index (χ0v) is 18.3. The molecular weight excluding hydrogens is 388 g/mol. The molecule has 2 unspecified atom stereocenters. The number of fused-ring (bicyclic) bond motifs is 4. The highest BCUT2D eigenvalue weighted by Gasteiger charge is 2.33. The Labute approximate surface area is 176 Å². The van der Waals surface area contributed by atoms with E-state index in [1.165, 1.54) is 0 Å². The first-order valence-corrected chi connectivity index (χ1v) is 9.97. The molecule has 2 atom stereocenters. The van der Waals surface area contributed by atoms with Crippen molar-refractivity contribution in [3.05, 3.63) is 23.3 Å². The van der Waals surface area contributed by atoms with E-state index in [9.17, 15) is 0 Å². The van der Waals surface area contributed by atoms with Crippen molar-refractivity contribution in [3.63, 3.8) is 0 Å². The Morgan fingerprint density at radius 3 is 2.17 bits per heavy atom. The van der Waals surface area contributed by atoms with Crippen LogP contribution in [0.25, 0.3) is 11.1 Å². The molecule has 0 fully saturated rings. The monoisotopic (exact) mass is 416 g/mol. The molecule has 0 aromatic heterocycles. The molecule has 0 bridgehead atoms. The first-order valence-electron chi connectivity index (χ1n) is 9.97. The van der Waals surface area contributed by atoms with Crippen LogP contribution in [0.4, 0.5) is 0 Å². The number of hydrogen-bond donors (Lipinski definition) is 0. The third-order valence-electron chi connectivity index (χ3n) is 5.91. The standard InChI is InChI=1S/C23H28O7/c1-12-7-14-8-17-21(30-11-29-17)23(27-6)18(14)19-15(10-28-13(12)2)9-16(24-3)20(25-4)22(19)26-5/h8-9,12-13H,7,10-11H2,1-6H3. The Kier molecular flexibility index (Phi) is 5.56. The minimum atomic E-state index is 0.0549. The van der Waals surface area contributed by atoms with Crippen molar-refractivity contribution < 1.29 is 33.2 Å². The van der Waals surface area contributed by atoms with E-state index in [1.807, 2.05) is 12.1 Å². The SMILES string of the molecule is COc1cc2c(c(OC)c1OC)-c1c(cc3c(c1OC)OCO3)CC(C)C(C)OC2. The van der Waals surface area contributed by atoms with Gasteiger partial charge in [-0.3, -0.25) is 0 Å². The van der Waals surface area contributed by atoms with Gasteiger partial charge in [0.05, 0.1) is 41.2 Å². The van der Waals surface area contributed by atoms with Gasteiger partial charge >= 0.3 is 0 Å². The maximum absolute atomic E-state index is 6.22. The molecule has 0 radical (unpaired) electrons. The highest BCUT2D eigenvalue weighted by molar-refractivity contribution is 5.88. The van der Waals surface area contributed by atoms with Gasteiger partial charge in [0, 0.05) is 11.1 Å². The molecule has 162 valence electrons. The van der Waals surface area contributed by atoms with Crippen LogP contribution in [0.2, 0.25) is 0 Å². The van der Waals surface area contributed by atoms with E-state index in [0.717, 1.165) is 28.7 Å². The summed E-state index contributed by atoms with van der Waals surface area (Å²) in [6, 6.07) is 3.97. The first kappa shape index (κ1) is 20.5. The minimum absolute atomic E-state index is 0.0549. The van der Waals surface area contributed by atoms with Gasteiger partial charge in [-0.1, -0.05) is 6.92 Å². The number of hydrogen-bond acceptors (Lipinski definition) is 7. The molecule has 0 saturated carbocycles. The molecule has 0 aliphatic carbocycles. The zero-order valence-electron chi connectivity index (χ0n) is 18.3. The summed E-state index contributed by atoms with van der Waals surface area (Å²) < 4.78 is 40.6. The molecule has 4 rings (SSSR count). The van der Waals surface area contributed by atoms with Crippen molar-refractivity contribution in [1.82, 2.24) is 0 Å². The van der Waals surface area contributed by atoms with Crippen molar-refractivity contribution in [2.24, 2.45) is 5.92 Å². The average Bonchev–Trinajstić information content (AvgIpc) is 3.23. The van der Waals surface area contributed by atoms with Gasteiger partial charge < -0.3 is 33.2 Å². The topological polar surface area (TPSA) is 64.6 Å². The molecule has 2 aliphatic heterocycles. The molecule has 0 N–H and O–H groups in total. The maximum Gasteiger partial charge on any atom is 0.231 e. The van der Waals surface area contributed by atoms with Crippen LogP contribution in [0.1, 0.15) is 25.0 Å². The number of methoxy groups -OCH3 is 4. The summed E-state index contributed by atoms with van der Waals surface area (Å²) >= 11 is 0. The maximum atomic E-state index is 6.22. The Morgan fingerprint density at radius 1 is 0.800 bits per heavy atom. The Morgan fingerprint density at radius 2 is 1.50 bits per heavy atom. The van der Waals surface area contributed by atoms with E-state index >= 15 is 0 Å². The quantitative estimate of drug-likeness (QED) is 0.740. The summed E-state index contributed by atoms with van der Waals surface area (Å²) in [4.78, 5) is 0. The second kappa shape index (κ2) is 8.14. The van der Waals surface area contributed by atoms with E-state index in [0.29, 0.717) is 41.1 Å². The molecule has 2 aromatic rings. The Hall–Kier alpha value is -2.80. The van der Waals surface area contributed by atoms with Crippen LogP contribution in [-0.2, 0) is 17.8 Å². The smallest absolute Gasteiger partial charge is 0.231 e.